The summed E-state index contributed by atoms with van der Waals surface area (Å²) in [5.74, 6) is 1.19. The third-order valence-corrected chi connectivity index (χ3v) is 6.75. The molecule has 29 heavy (non-hydrogen) atoms. The first-order valence-electron chi connectivity index (χ1n) is 10.8. The van der Waals surface area contributed by atoms with Gasteiger partial charge in [-0.2, -0.15) is 0 Å². The molecule has 0 saturated carbocycles. The van der Waals surface area contributed by atoms with Gasteiger partial charge in [-0.25, -0.2) is 4.98 Å². The molecule has 158 valence electrons. The second-order valence-electron chi connectivity index (χ2n) is 9.00. The van der Waals surface area contributed by atoms with Gasteiger partial charge in [0.1, 0.15) is 5.82 Å². The summed E-state index contributed by atoms with van der Waals surface area (Å²) in [6.45, 7) is 4.33. The van der Waals surface area contributed by atoms with Gasteiger partial charge < -0.3 is 19.4 Å². The van der Waals surface area contributed by atoms with E-state index in [4.69, 9.17) is 4.74 Å². The summed E-state index contributed by atoms with van der Waals surface area (Å²) in [6, 6.07) is 3.81. The highest BCUT2D eigenvalue weighted by molar-refractivity contribution is 5.93. The first-order chi connectivity index (χ1) is 14.0. The highest BCUT2D eigenvalue weighted by Gasteiger charge is 2.41. The minimum Gasteiger partial charge on any atom is -0.376 e. The van der Waals surface area contributed by atoms with Gasteiger partial charge in [0.25, 0.3) is 5.91 Å². The topological polar surface area (TPSA) is 66.0 Å². The Balaban J connectivity index is 1.35. The molecule has 4 rings (SSSR count). The van der Waals surface area contributed by atoms with Gasteiger partial charge >= 0.3 is 0 Å². The van der Waals surface area contributed by atoms with Crippen LogP contribution >= 0.6 is 0 Å². The van der Waals surface area contributed by atoms with E-state index in [0.717, 1.165) is 70.7 Å². The molecule has 7 nitrogen and oxygen atoms in total. The van der Waals surface area contributed by atoms with Crippen molar-refractivity contribution in [3.63, 3.8) is 0 Å². The summed E-state index contributed by atoms with van der Waals surface area (Å²) >= 11 is 0. The number of carbonyl (C=O) groups is 2. The number of ether oxygens (including phenoxy) is 1. The fourth-order valence-electron chi connectivity index (χ4n) is 4.88. The van der Waals surface area contributed by atoms with Crippen molar-refractivity contribution in [1.82, 2.24) is 14.8 Å². The maximum atomic E-state index is 12.4. The molecule has 3 aliphatic heterocycles. The number of rotatable bonds is 4. The maximum absolute atomic E-state index is 12.4. The van der Waals surface area contributed by atoms with Gasteiger partial charge in [0.15, 0.2) is 0 Å². The molecular weight excluding hydrogens is 368 g/mol. The van der Waals surface area contributed by atoms with Gasteiger partial charge in [0.2, 0.25) is 5.91 Å². The van der Waals surface area contributed by atoms with Crippen molar-refractivity contribution in [2.24, 2.45) is 5.41 Å². The van der Waals surface area contributed by atoms with Crippen molar-refractivity contribution >= 4 is 17.6 Å². The van der Waals surface area contributed by atoms with Crippen LogP contribution in [0.2, 0.25) is 0 Å². The lowest BCUT2D eigenvalue weighted by Crippen LogP contribution is -2.53. The van der Waals surface area contributed by atoms with Gasteiger partial charge in [0, 0.05) is 59.5 Å². The number of hydrogen-bond acceptors (Lipinski definition) is 5. The zero-order valence-corrected chi connectivity index (χ0v) is 17.6. The summed E-state index contributed by atoms with van der Waals surface area (Å²) in [5.41, 5.74) is 0.840. The second-order valence-corrected chi connectivity index (χ2v) is 9.00. The third-order valence-electron chi connectivity index (χ3n) is 6.75. The highest BCUT2D eigenvalue weighted by atomic mass is 16.5. The summed E-state index contributed by atoms with van der Waals surface area (Å²) in [6.07, 6.45) is 7.87. The van der Waals surface area contributed by atoms with Gasteiger partial charge in [-0.15, -0.1) is 0 Å². The summed E-state index contributed by atoms with van der Waals surface area (Å²) in [4.78, 5) is 35.0. The largest absolute Gasteiger partial charge is 0.376 e. The number of amides is 2. The molecule has 0 unspecified atom stereocenters. The lowest BCUT2D eigenvalue weighted by molar-refractivity contribution is -0.140. The summed E-state index contributed by atoms with van der Waals surface area (Å²) in [7, 11) is 3.49. The first-order valence-corrected chi connectivity index (χ1v) is 10.8. The number of nitrogens with zero attached hydrogens (tertiary/aromatic N) is 4. The van der Waals surface area contributed by atoms with Crippen LogP contribution in [0.3, 0.4) is 0 Å². The molecule has 4 heterocycles. The Hall–Kier alpha value is -2.15. The van der Waals surface area contributed by atoms with Crippen molar-refractivity contribution < 1.29 is 14.3 Å². The van der Waals surface area contributed by atoms with Crippen LogP contribution in [0.5, 0.6) is 0 Å². The number of pyridine rings is 1. The van der Waals surface area contributed by atoms with E-state index < -0.39 is 0 Å². The molecule has 0 bridgehead atoms. The zero-order chi connectivity index (χ0) is 20.4. The minimum absolute atomic E-state index is 0.0279. The molecular formula is C22H32N4O3. The number of piperidine rings is 2. The van der Waals surface area contributed by atoms with Crippen LogP contribution in [0.4, 0.5) is 5.82 Å². The van der Waals surface area contributed by atoms with Gasteiger partial charge in [0.05, 0.1) is 11.7 Å². The first kappa shape index (κ1) is 20.1. The molecule has 3 saturated heterocycles. The van der Waals surface area contributed by atoms with Gasteiger partial charge in [-0.3, -0.25) is 9.59 Å². The highest BCUT2D eigenvalue weighted by Crippen LogP contribution is 2.41. The van der Waals surface area contributed by atoms with E-state index in [2.05, 4.69) is 14.8 Å². The molecule has 3 aliphatic rings. The average Bonchev–Trinajstić information content (AvgIpc) is 3.24. The van der Waals surface area contributed by atoms with Crippen LogP contribution in [0, 0.1) is 5.41 Å². The van der Waals surface area contributed by atoms with E-state index >= 15 is 0 Å². The molecule has 1 aromatic heterocycles. The number of aromatic nitrogens is 1. The fourth-order valence-corrected chi connectivity index (χ4v) is 4.88. The Kier molecular flexibility index (Phi) is 5.76. The van der Waals surface area contributed by atoms with E-state index in [-0.39, 0.29) is 23.3 Å². The molecule has 0 aromatic carbocycles. The maximum Gasteiger partial charge on any atom is 0.254 e. The van der Waals surface area contributed by atoms with Crippen LogP contribution in [0.25, 0.3) is 0 Å². The van der Waals surface area contributed by atoms with Crippen LogP contribution < -0.4 is 4.90 Å². The third kappa shape index (κ3) is 4.39. The zero-order valence-electron chi connectivity index (χ0n) is 17.6. The number of likely N-dealkylation sites (tertiary alicyclic amines) is 1. The van der Waals surface area contributed by atoms with Crippen molar-refractivity contribution in [2.75, 3.05) is 51.8 Å². The molecule has 1 spiro atoms. The van der Waals surface area contributed by atoms with Gasteiger partial charge in [-0.1, -0.05) is 0 Å². The molecule has 7 heteroatoms. The fraction of sp³-hybridized carbons (Fsp3) is 0.682. The van der Waals surface area contributed by atoms with Crippen molar-refractivity contribution in [3.05, 3.63) is 23.9 Å². The Bertz CT molecular complexity index is 735. The Morgan fingerprint density at radius 1 is 1.28 bits per heavy atom. The number of hydrogen-bond donors (Lipinski definition) is 0. The van der Waals surface area contributed by atoms with Crippen LogP contribution in [-0.4, -0.2) is 79.6 Å². The van der Waals surface area contributed by atoms with E-state index in [0.29, 0.717) is 12.0 Å². The van der Waals surface area contributed by atoms with Crippen molar-refractivity contribution in [3.8, 4) is 0 Å². The van der Waals surface area contributed by atoms with Crippen LogP contribution in [0.15, 0.2) is 18.3 Å². The standard InChI is InChI=1S/C22H32N4O3/c1-24(2)21(28)17-5-6-19(23-14-17)25-11-9-22(10-12-25)8-7-20(27)26(16-22)15-18-4-3-13-29-18/h5-6,14,18H,3-4,7-13,15-16H2,1-2H3/t18-/m1/s1. The summed E-state index contributed by atoms with van der Waals surface area (Å²) in [5, 5.41) is 0. The van der Waals surface area contributed by atoms with Crippen LogP contribution in [0.1, 0.15) is 48.9 Å². The lowest BCUT2D eigenvalue weighted by atomic mass is 9.72. The Morgan fingerprint density at radius 3 is 2.69 bits per heavy atom. The predicted molar refractivity (Wildman–Crippen MR) is 111 cm³/mol. The normalized spacial score (nSPS) is 24.2. The van der Waals surface area contributed by atoms with E-state index in [1.54, 1.807) is 25.2 Å². The molecule has 1 aromatic rings. The number of carbonyl (C=O) groups excluding carboxylic acids is 2. The average molecular weight is 401 g/mol. The smallest absolute Gasteiger partial charge is 0.254 e. The van der Waals surface area contributed by atoms with E-state index in [9.17, 15) is 9.59 Å². The molecule has 3 fully saturated rings. The van der Waals surface area contributed by atoms with E-state index in [1.165, 1.54) is 0 Å². The van der Waals surface area contributed by atoms with Gasteiger partial charge in [-0.05, 0) is 49.7 Å². The molecule has 0 aliphatic carbocycles. The minimum atomic E-state index is -0.0279. The molecule has 2 amide bonds. The van der Waals surface area contributed by atoms with Crippen molar-refractivity contribution in [1.29, 1.82) is 0 Å². The number of anilines is 1. The summed E-state index contributed by atoms with van der Waals surface area (Å²) < 4.78 is 5.76. The SMILES string of the molecule is CN(C)C(=O)c1ccc(N2CCC3(CCC(=O)N(C[C@H]4CCCO4)C3)CC2)nc1. The molecule has 0 radical (unpaired) electrons. The molecule has 1 atom stereocenters. The van der Waals surface area contributed by atoms with Crippen molar-refractivity contribution in [2.45, 2.75) is 44.6 Å². The monoisotopic (exact) mass is 400 g/mol. The van der Waals surface area contributed by atoms with E-state index in [1.807, 2.05) is 12.1 Å². The predicted octanol–water partition coefficient (Wildman–Crippen LogP) is 2.17. The molecule has 0 N–H and O–H groups in total. The second kappa shape index (κ2) is 8.30. The van der Waals surface area contributed by atoms with Crippen LogP contribution in [-0.2, 0) is 9.53 Å². The Labute approximate surface area is 173 Å². The lowest BCUT2D eigenvalue weighted by Gasteiger charge is -2.48. The Morgan fingerprint density at radius 2 is 2.07 bits per heavy atom. The quantitative estimate of drug-likeness (QED) is 0.775.